The number of piperazine rings is 1. The van der Waals surface area contributed by atoms with Crippen molar-refractivity contribution in [3.63, 3.8) is 0 Å². The predicted octanol–water partition coefficient (Wildman–Crippen LogP) is 2.38. The molecule has 1 fully saturated rings. The number of nitrogens with one attached hydrogen (secondary N) is 1. The van der Waals surface area contributed by atoms with Crippen LogP contribution in [0.1, 0.15) is 13.3 Å². The van der Waals surface area contributed by atoms with Gasteiger partial charge in [-0.1, -0.05) is 19.1 Å². The van der Waals surface area contributed by atoms with E-state index in [9.17, 15) is 0 Å². The molecule has 0 saturated carbocycles. The molecule has 0 bridgehead atoms. The molecule has 2 heterocycles. The molecule has 21 heavy (non-hydrogen) atoms. The molecule has 0 amide bonds. The van der Waals surface area contributed by atoms with E-state index in [-0.39, 0.29) is 0 Å². The zero-order valence-electron chi connectivity index (χ0n) is 12.5. The molecule has 0 atom stereocenters. The third-order valence-corrected chi connectivity index (χ3v) is 3.77. The monoisotopic (exact) mass is 286 g/mol. The Morgan fingerprint density at radius 3 is 2.71 bits per heavy atom. The highest BCUT2D eigenvalue weighted by molar-refractivity contribution is 5.73. The Bertz CT molecular complexity index is 547. The Hall–Kier alpha value is -1.85. The van der Waals surface area contributed by atoms with Crippen molar-refractivity contribution in [2.45, 2.75) is 13.3 Å². The summed E-state index contributed by atoms with van der Waals surface area (Å²) < 4.78 is 5.46. The van der Waals surface area contributed by atoms with Crippen LogP contribution >= 0.6 is 0 Å². The molecule has 0 aliphatic carbocycles. The van der Waals surface area contributed by atoms with E-state index in [1.807, 2.05) is 6.07 Å². The lowest BCUT2D eigenvalue weighted by Gasteiger charge is -2.36. The fourth-order valence-corrected chi connectivity index (χ4v) is 2.66. The fraction of sp³-hybridized carbons (Fsp3) is 0.438. The summed E-state index contributed by atoms with van der Waals surface area (Å²) in [5.41, 5.74) is 5.73. The van der Waals surface area contributed by atoms with Crippen LogP contribution in [-0.4, -0.2) is 42.7 Å². The molecule has 1 aromatic carbocycles. The summed E-state index contributed by atoms with van der Waals surface area (Å²) in [7, 11) is 0. The van der Waals surface area contributed by atoms with E-state index in [1.165, 1.54) is 5.69 Å². The highest BCUT2D eigenvalue weighted by Crippen LogP contribution is 2.30. The Morgan fingerprint density at radius 2 is 2.00 bits per heavy atom. The summed E-state index contributed by atoms with van der Waals surface area (Å²) in [5.74, 6) is 0.692. The van der Waals surface area contributed by atoms with Crippen LogP contribution < -0.4 is 10.3 Å². The predicted molar refractivity (Wildman–Crippen MR) is 84.0 cm³/mol. The summed E-state index contributed by atoms with van der Waals surface area (Å²) in [6, 6.07) is 8.32. The number of oxazole rings is 1. The molecular formula is C16H22N4O. The van der Waals surface area contributed by atoms with E-state index in [2.05, 4.69) is 45.4 Å². The second kappa shape index (κ2) is 6.74. The minimum Gasteiger partial charge on any atom is -0.444 e. The fourth-order valence-electron chi connectivity index (χ4n) is 2.66. The second-order valence-electron chi connectivity index (χ2n) is 5.24. The topological polar surface area (TPSA) is 44.5 Å². The number of hydrogen-bond acceptors (Lipinski definition) is 5. The molecule has 0 radical (unpaired) electrons. The second-order valence-corrected chi connectivity index (χ2v) is 5.24. The van der Waals surface area contributed by atoms with Gasteiger partial charge in [0, 0.05) is 38.4 Å². The van der Waals surface area contributed by atoms with Gasteiger partial charge < -0.3 is 9.32 Å². The van der Waals surface area contributed by atoms with E-state index >= 15 is 0 Å². The summed E-state index contributed by atoms with van der Waals surface area (Å²) in [4.78, 5) is 6.69. The van der Waals surface area contributed by atoms with Gasteiger partial charge in [0.2, 0.25) is 5.89 Å². The normalized spacial score (nSPS) is 16.3. The van der Waals surface area contributed by atoms with E-state index in [0.717, 1.165) is 44.7 Å². The maximum atomic E-state index is 5.46. The third-order valence-electron chi connectivity index (χ3n) is 3.77. The van der Waals surface area contributed by atoms with Crippen molar-refractivity contribution in [1.82, 2.24) is 15.4 Å². The molecule has 2 aromatic rings. The van der Waals surface area contributed by atoms with Gasteiger partial charge in [0.1, 0.15) is 6.26 Å². The smallest absolute Gasteiger partial charge is 0.227 e. The standard InChI is InChI=1S/C16H22N4O/c1-2-7-18-20-11-9-19(10-12-20)15-6-4-3-5-14(15)16-17-8-13-21-16/h3-6,8,13,18H,2,7,9-12H2,1H3. The average Bonchev–Trinajstić information content (AvgIpc) is 3.08. The SMILES string of the molecule is CCCNN1CCN(c2ccccc2-c2ncco2)CC1. The molecule has 1 aromatic heterocycles. The summed E-state index contributed by atoms with van der Waals surface area (Å²) >= 11 is 0. The zero-order valence-corrected chi connectivity index (χ0v) is 12.5. The van der Waals surface area contributed by atoms with Crippen molar-refractivity contribution in [3.8, 4) is 11.5 Å². The summed E-state index contributed by atoms with van der Waals surface area (Å²) in [6.07, 6.45) is 4.48. The molecule has 5 nitrogen and oxygen atoms in total. The number of benzene rings is 1. The van der Waals surface area contributed by atoms with Gasteiger partial charge in [0.05, 0.1) is 11.8 Å². The zero-order chi connectivity index (χ0) is 14.5. The van der Waals surface area contributed by atoms with Crippen LogP contribution in [0, 0.1) is 0 Å². The maximum absolute atomic E-state index is 5.46. The van der Waals surface area contributed by atoms with Crippen LogP contribution in [-0.2, 0) is 0 Å². The number of nitrogens with zero attached hydrogens (tertiary/aromatic N) is 3. The lowest BCUT2D eigenvalue weighted by atomic mass is 10.1. The number of aromatic nitrogens is 1. The van der Waals surface area contributed by atoms with E-state index in [1.54, 1.807) is 12.5 Å². The van der Waals surface area contributed by atoms with Crippen LogP contribution in [0.25, 0.3) is 11.5 Å². The van der Waals surface area contributed by atoms with E-state index in [4.69, 9.17) is 4.42 Å². The van der Waals surface area contributed by atoms with Gasteiger partial charge >= 0.3 is 0 Å². The first-order chi connectivity index (χ1) is 10.4. The molecule has 0 spiro atoms. The van der Waals surface area contributed by atoms with Gasteiger partial charge in [0.15, 0.2) is 0 Å². The number of para-hydroxylation sites is 1. The third kappa shape index (κ3) is 3.25. The van der Waals surface area contributed by atoms with Crippen molar-refractivity contribution in [1.29, 1.82) is 0 Å². The van der Waals surface area contributed by atoms with Gasteiger partial charge in [-0.2, -0.15) is 0 Å². The summed E-state index contributed by atoms with van der Waals surface area (Å²) in [6.45, 7) is 7.31. The molecule has 1 saturated heterocycles. The number of hydrogen-bond donors (Lipinski definition) is 1. The number of rotatable bonds is 5. The molecule has 0 unspecified atom stereocenters. The van der Waals surface area contributed by atoms with Crippen LogP contribution in [0.2, 0.25) is 0 Å². The van der Waals surface area contributed by atoms with Crippen molar-refractivity contribution >= 4 is 5.69 Å². The van der Waals surface area contributed by atoms with Crippen LogP contribution in [0.4, 0.5) is 5.69 Å². The molecule has 3 rings (SSSR count). The van der Waals surface area contributed by atoms with Crippen LogP contribution in [0.3, 0.4) is 0 Å². The van der Waals surface area contributed by atoms with Crippen molar-refractivity contribution < 1.29 is 4.42 Å². The molecule has 1 aliphatic heterocycles. The minimum absolute atomic E-state index is 0.692. The van der Waals surface area contributed by atoms with Gasteiger partial charge in [-0.05, 0) is 18.6 Å². The quantitative estimate of drug-likeness (QED) is 0.914. The minimum atomic E-state index is 0.692. The van der Waals surface area contributed by atoms with Crippen molar-refractivity contribution in [2.24, 2.45) is 0 Å². The maximum Gasteiger partial charge on any atom is 0.227 e. The van der Waals surface area contributed by atoms with Crippen LogP contribution in [0.5, 0.6) is 0 Å². The molecule has 5 heteroatoms. The first kappa shape index (κ1) is 14.1. The molecule has 1 N–H and O–H groups in total. The average molecular weight is 286 g/mol. The van der Waals surface area contributed by atoms with Crippen molar-refractivity contribution in [3.05, 3.63) is 36.7 Å². The molecule has 1 aliphatic rings. The Balaban J connectivity index is 1.71. The highest BCUT2D eigenvalue weighted by Gasteiger charge is 2.20. The summed E-state index contributed by atoms with van der Waals surface area (Å²) in [5, 5.41) is 2.31. The molecular weight excluding hydrogens is 264 g/mol. The van der Waals surface area contributed by atoms with Crippen LogP contribution in [0.15, 0.2) is 41.1 Å². The largest absolute Gasteiger partial charge is 0.444 e. The molecule has 112 valence electrons. The highest BCUT2D eigenvalue weighted by atomic mass is 16.3. The Labute approximate surface area is 125 Å². The lowest BCUT2D eigenvalue weighted by Crippen LogP contribution is -2.52. The van der Waals surface area contributed by atoms with Gasteiger partial charge in [-0.3, -0.25) is 5.43 Å². The lowest BCUT2D eigenvalue weighted by molar-refractivity contribution is 0.177. The van der Waals surface area contributed by atoms with E-state index in [0.29, 0.717) is 5.89 Å². The van der Waals surface area contributed by atoms with E-state index < -0.39 is 0 Å². The van der Waals surface area contributed by atoms with Gasteiger partial charge in [0.25, 0.3) is 0 Å². The number of hydrazine groups is 1. The first-order valence-electron chi connectivity index (χ1n) is 7.61. The Kier molecular flexibility index (Phi) is 4.52. The number of anilines is 1. The Morgan fingerprint density at radius 1 is 1.19 bits per heavy atom. The van der Waals surface area contributed by atoms with Gasteiger partial charge in [-0.15, -0.1) is 0 Å². The van der Waals surface area contributed by atoms with Crippen molar-refractivity contribution in [2.75, 3.05) is 37.6 Å². The first-order valence-corrected chi connectivity index (χ1v) is 7.61. The van der Waals surface area contributed by atoms with Gasteiger partial charge in [-0.25, -0.2) is 9.99 Å².